The van der Waals surface area contributed by atoms with E-state index in [2.05, 4.69) is 20.6 Å². The lowest BCUT2D eigenvalue weighted by Crippen LogP contribution is -2.13. The molecule has 0 fully saturated rings. The summed E-state index contributed by atoms with van der Waals surface area (Å²) in [6, 6.07) is 9.60. The molecule has 0 aliphatic rings. The molecule has 0 spiro atoms. The third-order valence-electron chi connectivity index (χ3n) is 3.20. The second kappa shape index (κ2) is 7.35. The number of nitro groups is 1. The highest BCUT2D eigenvalue weighted by molar-refractivity contribution is 5.69. The van der Waals surface area contributed by atoms with E-state index in [0.29, 0.717) is 6.54 Å². The molecule has 0 aliphatic carbocycles. The van der Waals surface area contributed by atoms with Gasteiger partial charge < -0.3 is 10.6 Å². The molecular formula is C15H19N5O2. The number of hydrogen-bond acceptors (Lipinski definition) is 6. The summed E-state index contributed by atoms with van der Waals surface area (Å²) in [6.07, 6.45) is 2.18. The van der Waals surface area contributed by atoms with E-state index in [4.69, 9.17) is 0 Å². The molecule has 1 aromatic carbocycles. The Morgan fingerprint density at radius 2 is 1.91 bits per heavy atom. The molecule has 1 atom stereocenters. The van der Waals surface area contributed by atoms with Crippen molar-refractivity contribution in [2.75, 3.05) is 17.2 Å². The SMILES string of the molecule is CCCNc1ncnc(NC(C)c2ccccc2)c1[N+](=O)[O-]. The fourth-order valence-electron chi connectivity index (χ4n) is 2.06. The number of hydrogen-bond donors (Lipinski definition) is 2. The van der Waals surface area contributed by atoms with Crippen molar-refractivity contribution in [1.82, 2.24) is 9.97 Å². The van der Waals surface area contributed by atoms with Crippen LogP contribution in [0.5, 0.6) is 0 Å². The largest absolute Gasteiger partial charge is 0.364 e. The first-order valence-electron chi connectivity index (χ1n) is 7.18. The van der Waals surface area contributed by atoms with Gasteiger partial charge in [0, 0.05) is 6.54 Å². The Kier molecular flexibility index (Phi) is 5.24. The second-order valence-corrected chi connectivity index (χ2v) is 4.88. The molecule has 7 heteroatoms. The zero-order chi connectivity index (χ0) is 15.9. The summed E-state index contributed by atoms with van der Waals surface area (Å²) in [5.74, 6) is 0.458. The third-order valence-corrected chi connectivity index (χ3v) is 3.20. The van der Waals surface area contributed by atoms with Crippen molar-refractivity contribution in [1.29, 1.82) is 0 Å². The summed E-state index contributed by atoms with van der Waals surface area (Å²) in [6.45, 7) is 4.53. The minimum atomic E-state index is -0.460. The van der Waals surface area contributed by atoms with Gasteiger partial charge in [-0.25, -0.2) is 9.97 Å². The van der Waals surface area contributed by atoms with Crippen LogP contribution in [0.1, 0.15) is 31.9 Å². The average molecular weight is 301 g/mol. The van der Waals surface area contributed by atoms with Crippen molar-refractivity contribution in [3.05, 3.63) is 52.3 Å². The van der Waals surface area contributed by atoms with Gasteiger partial charge in [0.25, 0.3) is 0 Å². The Bertz CT molecular complexity index is 633. The van der Waals surface area contributed by atoms with Gasteiger partial charge in [-0.1, -0.05) is 37.3 Å². The number of nitrogens with one attached hydrogen (secondary N) is 2. The van der Waals surface area contributed by atoms with E-state index in [1.807, 2.05) is 44.2 Å². The van der Waals surface area contributed by atoms with E-state index in [-0.39, 0.29) is 23.4 Å². The van der Waals surface area contributed by atoms with Gasteiger partial charge >= 0.3 is 5.69 Å². The molecule has 116 valence electrons. The minimum absolute atomic E-state index is 0.103. The molecular weight excluding hydrogens is 282 g/mol. The maximum absolute atomic E-state index is 11.4. The van der Waals surface area contributed by atoms with Gasteiger partial charge in [-0.15, -0.1) is 0 Å². The number of rotatable bonds is 7. The van der Waals surface area contributed by atoms with Crippen LogP contribution in [0.2, 0.25) is 0 Å². The van der Waals surface area contributed by atoms with Gasteiger partial charge in [0.1, 0.15) is 6.33 Å². The van der Waals surface area contributed by atoms with Crippen LogP contribution in [-0.4, -0.2) is 21.4 Å². The van der Waals surface area contributed by atoms with Crippen molar-refractivity contribution >= 4 is 17.3 Å². The zero-order valence-corrected chi connectivity index (χ0v) is 12.6. The number of aromatic nitrogens is 2. The topological polar surface area (TPSA) is 93.0 Å². The lowest BCUT2D eigenvalue weighted by molar-refractivity contribution is -0.383. The highest BCUT2D eigenvalue weighted by atomic mass is 16.6. The summed E-state index contributed by atoms with van der Waals surface area (Å²) >= 11 is 0. The molecule has 1 aromatic heterocycles. The number of anilines is 2. The van der Waals surface area contributed by atoms with Crippen LogP contribution < -0.4 is 10.6 Å². The predicted molar refractivity (Wildman–Crippen MR) is 85.9 cm³/mol. The summed E-state index contributed by atoms with van der Waals surface area (Å²) in [4.78, 5) is 18.9. The van der Waals surface area contributed by atoms with E-state index >= 15 is 0 Å². The zero-order valence-electron chi connectivity index (χ0n) is 12.6. The smallest absolute Gasteiger partial charge is 0.353 e. The van der Waals surface area contributed by atoms with Crippen molar-refractivity contribution in [3.8, 4) is 0 Å². The molecule has 0 amide bonds. The lowest BCUT2D eigenvalue weighted by Gasteiger charge is -2.15. The Hall–Kier alpha value is -2.70. The minimum Gasteiger partial charge on any atom is -0.364 e. The molecule has 7 nitrogen and oxygen atoms in total. The van der Waals surface area contributed by atoms with Crippen LogP contribution in [0.4, 0.5) is 17.3 Å². The fourth-order valence-corrected chi connectivity index (χ4v) is 2.06. The van der Waals surface area contributed by atoms with Gasteiger partial charge in [0.05, 0.1) is 11.0 Å². The van der Waals surface area contributed by atoms with E-state index in [9.17, 15) is 10.1 Å². The molecule has 2 N–H and O–H groups in total. The van der Waals surface area contributed by atoms with Crippen LogP contribution in [0.15, 0.2) is 36.7 Å². The van der Waals surface area contributed by atoms with E-state index < -0.39 is 4.92 Å². The molecule has 1 unspecified atom stereocenters. The molecule has 22 heavy (non-hydrogen) atoms. The predicted octanol–water partition coefficient (Wildman–Crippen LogP) is 3.38. The van der Waals surface area contributed by atoms with Crippen LogP contribution in [-0.2, 0) is 0 Å². The summed E-state index contributed by atoms with van der Waals surface area (Å²) < 4.78 is 0. The third kappa shape index (κ3) is 3.69. The summed E-state index contributed by atoms with van der Waals surface area (Å²) in [5, 5.41) is 17.4. The van der Waals surface area contributed by atoms with Gasteiger partial charge in [-0.05, 0) is 18.9 Å². The van der Waals surface area contributed by atoms with Crippen LogP contribution in [0, 0.1) is 10.1 Å². The molecule has 2 aromatic rings. The Balaban J connectivity index is 2.28. The van der Waals surface area contributed by atoms with Crippen molar-refractivity contribution in [2.45, 2.75) is 26.3 Å². The Morgan fingerprint density at radius 1 is 1.23 bits per heavy atom. The highest BCUT2D eigenvalue weighted by Gasteiger charge is 2.23. The van der Waals surface area contributed by atoms with E-state index in [1.54, 1.807) is 0 Å². The molecule has 0 saturated heterocycles. The number of benzene rings is 1. The first kappa shape index (κ1) is 15.7. The summed E-state index contributed by atoms with van der Waals surface area (Å²) in [7, 11) is 0. The first-order valence-corrected chi connectivity index (χ1v) is 7.18. The van der Waals surface area contributed by atoms with E-state index in [0.717, 1.165) is 12.0 Å². The standard InChI is InChI=1S/C15H19N5O2/c1-3-9-16-14-13(20(21)22)15(18-10-17-14)19-11(2)12-7-5-4-6-8-12/h4-8,10-11H,3,9H2,1-2H3,(H2,16,17,18,19). The average Bonchev–Trinajstić information content (AvgIpc) is 2.53. The fraction of sp³-hybridized carbons (Fsp3) is 0.333. The molecule has 1 heterocycles. The maximum Gasteiger partial charge on any atom is 0.353 e. The Morgan fingerprint density at radius 3 is 2.55 bits per heavy atom. The molecule has 0 saturated carbocycles. The molecule has 0 aliphatic heterocycles. The van der Waals surface area contributed by atoms with Crippen molar-refractivity contribution in [3.63, 3.8) is 0 Å². The van der Waals surface area contributed by atoms with E-state index in [1.165, 1.54) is 6.33 Å². The molecule has 0 bridgehead atoms. The second-order valence-electron chi connectivity index (χ2n) is 4.88. The van der Waals surface area contributed by atoms with Crippen molar-refractivity contribution in [2.24, 2.45) is 0 Å². The molecule has 0 radical (unpaired) electrons. The normalized spacial score (nSPS) is 11.7. The van der Waals surface area contributed by atoms with Crippen LogP contribution in [0.3, 0.4) is 0 Å². The van der Waals surface area contributed by atoms with Gasteiger partial charge in [0.2, 0.25) is 11.6 Å². The van der Waals surface area contributed by atoms with Gasteiger partial charge in [0.15, 0.2) is 0 Å². The quantitative estimate of drug-likeness (QED) is 0.601. The number of nitrogens with zero attached hydrogens (tertiary/aromatic N) is 3. The van der Waals surface area contributed by atoms with Crippen molar-refractivity contribution < 1.29 is 4.92 Å². The van der Waals surface area contributed by atoms with Crippen LogP contribution in [0.25, 0.3) is 0 Å². The summed E-state index contributed by atoms with van der Waals surface area (Å²) in [5.41, 5.74) is 0.900. The Labute approximate surface area is 129 Å². The van der Waals surface area contributed by atoms with Gasteiger partial charge in [-0.3, -0.25) is 10.1 Å². The highest BCUT2D eigenvalue weighted by Crippen LogP contribution is 2.31. The maximum atomic E-state index is 11.4. The lowest BCUT2D eigenvalue weighted by atomic mass is 10.1. The molecule has 2 rings (SSSR count). The van der Waals surface area contributed by atoms with Gasteiger partial charge in [-0.2, -0.15) is 0 Å². The monoisotopic (exact) mass is 301 g/mol. The first-order chi connectivity index (χ1) is 10.6. The van der Waals surface area contributed by atoms with Crippen LogP contribution >= 0.6 is 0 Å².